The molecule has 1 heterocycles. The van der Waals surface area contributed by atoms with Gasteiger partial charge in [-0.15, -0.1) is 10.2 Å². The van der Waals surface area contributed by atoms with Crippen LogP contribution in [-0.4, -0.2) is 44.5 Å². The van der Waals surface area contributed by atoms with Crippen LogP contribution in [0.2, 0.25) is 0 Å². The van der Waals surface area contributed by atoms with Crippen LogP contribution in [0.25, 0.3) is 0 Å². The van der Waals surface area contributed by atoms with Crippen LogP contribution in [0.4, 0.5) is 11.4 Å². The van der Waals surface area contributed by atoms with E-state index in [0.717, 1.165) is 5.56 Å². The smallest absolute Gasteiger partial charge is 0.234 e. The topological polar surface area (TPSA) is 118 Å². The number of methoxy groups -OCH3 is 1. The lowest BCUT2D eigenvalue weighted by Crippen LogP contribution is -2.17. The predicted molar refractivity (Wildman–Crippen MR) is 119 cm³/mol. The Balaban J connectivity index is 1.53. The molecule has 3 rings (SSSR count). The first-order valence-corrected chi connectivity index (χ1v) is 10.4. The van der Waals surface area contributed by atoms with Gasteiger partial charge in [0.15, 0.2) is 5.16 Å². The van der Waals surface area contributed by atoms with Crippen molar-refractivity contribution in [2.75, 3.05) is 23.5 Å². The van der Waals surface area contributed by atoms with E-state index in [2.05, 4.69) is 20.8 Å². The molecular weight excluding hydrogens is 418 g/mol. The van der Waals surface area contributed by atoms with E-state index in [4.69, 9.17) is 4.74 Å². The fourth-order valence-electron chi connectivity index (χ4n) is 2.71. The number of nitrogens with zero attached hydrogens (tertiary/aromatic N) is 3. The Morgan fingerprint density at radius 3 is 2.55 bits per heavy atom. The van der Waals surface area contributed by atoms with Crippen molar-refractivity contribution in [1.29, 1.82) is 0 Å². The van der Waals surface area contributed by atoms with Crippen LogP contribution in [0, 0.1) is 6.92 Å². The van der Waals surface area contributed by atoms with Crippen LogP contribution >= 0.6 is 11.8 Å². The van der Waals surface area contributed by atoms with Crippen molar-refractivity contribution in [3.8, 4) is 11.5 Å². The highest BCUT2D eigenvalue weighted by Crippen LogP contribution is 2.24. The predicted octanol–water partition coefficient (Wildman–Crippen LogP) is 2.75. The minimum absolute atomic E-state index is 0.00719. The standard InChI is InChI=1S/C21H23N5O4S/c1-13-4-9-17(27)16(10-13)23-20(29)12-31-21-25-24-18(26(21)2)11-19(28)22-14-5-7-15(30-3)8-6-14/h4-10,27H,11-12H2,1-3H3,(H,22,28)(H,23,29). The van der Waals surface area contributed by atoms with E-state index in [0.29, 0.717) is 28.1 Å². The van der Waals surface area contributed by atoms with Gasteiger partial charge in [-0.2, -0.15) is 0 Å². The highest BCUT2D eigenvalue weighted by molar-refractivity contribution is 7.99. The third kappa shape index (κ3) is 5.98. The molecule has 1 aromatic heterocycles. The molecule has 31 heavy (non-hydrogen) atoms. The van der Waals surface area contributed by atoms with Gasteiger partial charge in [-0.3, -0.25) is 9.59 Å². The Hall–Kier alpha value is -3.53. The van der Waals surface area contributed by atoms with Gasteiger partial charge in [-0.25, -0.2) is 0 Å². The first-order valence-electron chi connectivity index (χ1n) is 9.40. The number of phenols is 1. The summed E-state index contributed by atoms with van der Waals surface area (Å²) in [4.78, 5) is 24.5. The number of anilines is 2. The van der Waals surface area contributed by atoms with Crippen LogP contribution in [-0.2, 0) is 23.1 Å². The van der Waals surface area contributed by atoms with Gasteiger partial charge < -0.3 is 25.0 Å². The number of carbonyl (C=O) groups is 2. The lowest BCUT2D eigenvalue weighted by Gasteiger charge is -2.08. The van der Waals surface area contributed by atoms with Gasteiger partial charge in [0.25, 0.3) is 0 Å². The summed E-state index contributed by atoms with van der Waals surface area (Å²) in [6.45, 7) is 1.87. The molecule has 0 atom stereocenters. The maximum atomic E-state index is 12.3. The summed E-state index contributed by atoms with van der Waals surface area (Å²) in [5.41, 5.74) is 1.93. The molecule has 0 saturated carbocycles. The van der Waals surface area contributed by atoms with E-state index in [9.17, 15) is 14.7 Å². The van der Waals surface area contributed by atoms with Gasteiger partial charge in [0, 0.05) is 12.7 Å². The normalized spacial score (nSPS) is 10.5. The number of benzene rings is 2. The van der Waals surface area contributed by atoms with E-state index in [1.54, 1.807) is 55.1 Å². The van der Waals surface area contributed by atoms with Crippen molar-refractivity contribution in [3.63, 3.8) is 0 Å². The first-order chi connectivity index (χ1) is 14.9. The van der Waals surface area contributed by atoms with E-state index < -0.39 is 0 Å². The zero-order valence-corrected chi connectivity index (χ0v) is 18.2. The molecule has 2 aromatic carbocycles. The quantitative estimate of drug-likeness (QED) is 0.363. The first kappa shape index (κ1) is 22.2. The van der Waals surface area contributed by atoms with Gasteiger partial charge in [-0.05, 0) is 48.9 Å². The summed E-state index contributed by atoms with van der Waals surface area (Å²) >= 11 is 1.19. The van der Waals surface area contributed by atoms with Crippen LogP contribution in [0.15, 0.2) is 47.6 Å². The summed E-state index contributed by atoms with van der Waals surface area (Å²) in [6.07, 6.45) is 0.0411. The maximum Gasteiger partial charge on any atom is 0.234 e. The average Bonchev–Trinajstić information content (AvgIpc) is 3.09. The van der Waals surface area contributed by atoms with Crippen molar-refractivity contribution >= 4 is 35.0 Å². The number of hydrogen-bond donors (Lipinski definition) is 3. The molecule has 0 radical (unpaired) electrons. The number of aromatic hydroxyl groups is 1. The number of carbonyl (C=O) groups excluding carboxylic acids is 2. The molecule has 2 amide bonds. The molecule has 0 fully saturated rings. The molecule has 3 N–H and O–H groups in total. The molecular formula is C21H23N5O4S. The van der Waals surface area contributed by atoms with Gasteiger partial charge in [0.1, 0.15) is 17.3 Å². The molecule has 0 spiro atoms. The zero-order valence-electron chi connectivity index (χ0n) is 17.4. The second kappa shape index (κ2) is 9.98. The number of thioether (sulfide) groups is 1. The van der Waals surface area contributed by atoms with Gasteiger partial charge in [-0.1, -0.05) is 17.8 Å². The fraction of sp³-hybridized carbons (Fsp3) is 0.238. The Morgan fingerprint density at radius 2 is 1.84 bits per heavy atom. The van der Waals surface area contributed by atoms with Crippen LogP contribution in [0.5, 0.6) is 11.5 Å². The Kier molecular flexibility index (Phi) is 7.14. The molecule has 0 aliphatic heterocycles. The number of amides is 2. The number of aromatic nitrogens is 3. The SMILES string of the molecule is COc1ccc(NC(=O)Cc2nnc(SCC(=O)Nc3cc(C)ccc3O)n2C)cc1. The summed E-state index contributed by atoms with van der Waals surface area (Å²) < 4.78 is 6.77. The van der Waals surface area contributed by atoms with Crippen LogP contribution in [0.3, 0.4) is 0 Å². The maximum absolute atomic E-state index is 12.3. The Bertz CT molecular complexity index is 1080. The molecule has 0 aliphatic rings. The van der Waals surface area contributed by atoms with Crippen molar-refractivity contribution in [2.45, 2.75) is 18.5 Å². The number of phenolic OH excluding ortho intramolecular Hbond substituents is 1. The van der Waals surface area contributed by atoms with E-state index in [1.165, 1.54) is 17.8 Å². The van der Waals surface area contributed by atoms with Crippen molar-refractivity contribution in [2.24, 2.45) is 7.05 Å². The van der Waals surface area contributed by atoms with Gasteiger partial charge in [0.2, 0.25) is 11.8 Å². The summed E-state index contributed by atoms with van der Waals surface area (Å²) in [5, 5.41) is 23.9. The van der Waals surface area contributed by atoms with Gasteiger partial charge >= 0.3 is 0 Å². The molecule has 0 saturated heterocycles. The lowest BCUT2D eigenvalue weighted by molar-refractivity contribution is -0.116. The highest BCUT2D eigenvalue weighted by Gasteiger charge is 2.15. The molecule has 3 aromatic rings. The molecule has 0 aliphatic carbocycles. The molecule has 10 heteroatoms. The third-order valence-electron chi connectivity index (χ3n) is 4.38. The Morgan fingerprint density at radius 1 is 1.10 bits per heavy atom. The fourth-order valence-corrected chi connectivity index (χ4v) is 3.44. The van der Waals surface area contributed by atoms with Crippen LogP contribution < -0.4 is 15.4 Å². The third-order valence-corrected chi connectivity index (χ3v) is 5.40. The average molecular weight is 442 g/mol. The second-order valence-electron chi connectivity index (χ2n) is 6.77. The van der Waals surface area contributed by atoms with Crippen LogP contribution in [0.1, 0.15) is 11.4 Å². The number of hydrogen-bond acceptors (Lipinski definition) is 7. The van der Waals surface area contributed by atoms with Crippen molar-refractivity contribution < 1.29 is 19.4 Å². The minimum Gasteiger partial charge on any atom is -0.506 e. The molecule has 0 bridgehead atoms. The number of aryl methyl sites for hydroxylation is 1. The number of nitrogens with one attached hydrogen (secondary N) is 2. The Labute approximate surface area is 183 Å². The summed E-state index contributed by atoms with van der Waals surface area (Å²) in [5.74, 6) is 0.752. The largest absolute Gasteiger partial charge is 0.506 e. The number of ether oxygens (including phenoxy) is 1. The number of rotatable bonds is 8. The lowest BCUT2D eigenvalue weighted by atomic mass is 10.2. The van der Waals surface area contributed by atoms with E-state index in [1.807, 2.05) is 6.92 Å². The van der Waals surface area contributed by atoms with Crippen molar-refractivity contribution in [1.82, 2.24) is 14.8 Å². The van der Waals surface area contributed by atoms with E-state index >= 15 is 0 Å². The summed E-state index contributed by atoms with van der Waals surface area (Å²) in [7, 11) is 3.32. The van der Waals surface area contributed by atoms with E-state index in [-0.39, 0.29) is 29.7 Å². The highest BCUT2D eigenvalue weighted by atomic mass is 32.2. The zero-order chi connectivity index (χ0) is 22.4. The second-order valence-corrected chi connectivity index (χ2v) is 7.71. The minimum atomic E-state index is -0.285. The molecule has 0 unspecified atom stereocenters. The van der Waals surface area contributed by atoms with Gasteiger partial charge in [0.05, 0.1) is 25.0 Å². The monoisotopic (exact) mass is 441 g/mol. The molecule has 162 valence electrons. The van der Waals surface area contributed by atoms with Crippen molar-refractivity contribution in [3.05, 3.63) is 53.9 Å². The summed E-state index contributed by atoms with van der Waals surface area (Å²) in [6, 6.07) is 12.0. The molecule has 9 nitrogen and oxygen atoms in total.